The van der Waals surface area contributed by atoms with Gasteiger partial charge in [0.1, 0.15) is 8.59 Å². The van der Waals surface area contributed by atoms with Crippen molar-refractivity contribution in [1.82, 2.24) is 0 Å². The normalized spacial score (nSPS) is 12.8. The van der Waals surface area contributed by atoms with Crippen LogP contribution in [0.1, 0.15) is 0 Å². The van der Waals surface area contributed by atoms with Crippen LogP contribution in [0.2, 0.25) is 25.7 Å². The second-order valence-electron chi connectivity index (χ2n) is 3.20. The molecule has 0 fully saturated rings. The van der Waals surface area contributed by atoms with Crippen LogP contribution in [0.5, 0.6) is 0 Å². The summed E-state index contributed by atoms with van der Waals surface area (Å²) in [5, 5.41) is 0. The van der Waals surface area contributed by atoms with Crippen LogP contribution in [0.3, 0.4) is 0 Å². The van der Waals surface area contributed by atoms with Crippen LogP contribution in [-0.2, 0) is 0 Å². The Morgan fingerprint density at radius 2 is 2.00 bits per heavy atom. The van der Waals surface area contributed by atoms with E-state index in [-0.39, 0.29) is 0 Å². The van der Waals surface area contributed by atoms with Crippen LogP contribution in [0.25, 0.3) is 0 Å². The molecule has 3 heteroatoms. The fourth-order valence-corrected chi connectivity index (χ4v) is 5.88. The number of hydrogen-bond acceptors (Lipinski definition) is 1. The molecule has 0 aliphatic rings. The van der Waals surface area contributed by atoms with E-state index in [1.165, 1.54) is 0 Å². The third-order valence-corrected chi connectivity index (χ3v) is 7.13. The predicted molar refractivity (Wildman–Crippen MR) is 56.7 cm³/mol. The highest BCUT2D eigenvalue weighted by molar-refractivity contribution is 6.84. The van der Waals surface area contributed by atoms with E-state index >= 15 is 0 Å². The monoisotopic (exact) mass is 183 g/mol. The van der Waals surface area contributed by atoms with Gasteiger partial charge in [-0.2, -0.15) is 0 Å². The maximum Gasteiger partial charge on any atom is 0.184 e. The van der Waals surface area contributed by atoms with Gasteiger partial charge in [-0.3, -0.25) is 0 Å². The summed E-state index contributed by atoms with van der Waals surface area (Å²) in [6.45, 7) is 14.2. The average Bonchev–Trinajstić information content (AvgIpc) is 1.87. The van der Waals surface area contributed by atoms with E-state index in [0.29, 0.717) is 0 Å². The summed E-state index contributed by atoms with van der Waals surface area (Å²) in [5.74, 6) is 0. The molecule has 0 amide bonds. The van der Waals surface area contributed by atoms with Crippen LogP contribution in [0, 0.1) is 0 Å². The molecule has 0 N–H and O–H groups in total. The van der Waals surface area contributed by atoms with Gasteiger partial charge in [0.15, 0.2) is 8.24 Å². The quantitative estimate of drug-likeness (QED) is 0.469. The van der Waals surface area contributed by atoms with Gasteiger partial charge in [0.25, 0.3) is 0 Å². The molecule has 0 atom stereocenters. The van der Waals surface area contributed by atoms with Gasteiger partial charge in [-0.25, -0.2) is 0 Å². The number of hydrogen-bond donors (Lipinski definition) is 0. The Morgan fingerprint density at radius 3 is 2.36 bits per heavy atom. The summed E-state index contributed by atoms with van der Waals surface area (Å²) in [4.78, 5) is 0. The Hall–Kier alpha value is -0.286. The fraction of sp³-hybridized carbons (Fsp3) is 0.500. The lowest BCUT2D eigenvalue weighted by Crippen LogP contribution is -2.21. The molecule has 0 rings (SSSR count). The molecule has 0 aromatic carbocycles. The van der Waals surface area contributed by atoms with Crippen LogP contribution in [0.4, 0.5) is 0 Å². The molecule has 0 aliphatic heterocycles. The van der Waals surface area contributed by atoms with Gasteiger partial charge in [-0.05, 0) is 25.7 Å². The predicted octanol–water partition coefficient (Wildman–Crippen LogP) is 2.99. The number of rotatable bonds is 4. The highest BCUT2D eigenvalue weighted by Crippen LogP contribution is 2.05. The molecular weight excluding hydrogens is 166 g/mol. The molecular formula is C8H17NSi2. The SMILES string of the molecule is C=CC[Si](C)=N[Si](C)(C)C=C. The van der Waals surface area contributed by atoms with Crippen molar-refractivity contribution in [2.45, 2.75) is 25.7 Å². The molecule has 0 saturated carbocycles. The summed E-state index contributed by atoms with van der Waals surface area (Å²) in [5.41, 5.74) is 2.03. The molecule has 0 spiro atoms. The Labute approximate surface area is 72.3 Å². The zero-order valence-electron chi connectivity index (χ0n) is 7.72. The van der Waals surface area contributed by atoms with Gasteiger partial charge in [-0.15, -0.1) is 13.2 Å². The minimum absolute atomic E-state index is 0.512. The smallest absolute Gasteiger partial charge is 0.184 e. The van der Waals surface area contributed by atoms with E-state index in [0.717, 1.165) is 6.04 Å². The Kier molecular flexibility index (Phi) is 4.44. The van der Waals surface area contributed by atoms with Crippen LogP contribution >= 0.6 is 0 Å². The number of allylic oxidation sites excluding steroid dienone is 1. The van der Waals surface area contributed by atoms with E-state index in [9.17, 15) is 0 Å². The van der Waals surface area contributed by atoms with Gasteiger partial charge in [0, 0.05) is 0 Å². The standard InChI is InChI=1S/C8H17NSi2/c1-6-8-10(3)9-11(4,5)7-2/h6-7H,1-2,8H2,3-5H3. The summed E-state index contributed by atoms with van der Waals surface area (Å²) >= 11 is 0. The fourth-order valence-electron chi connectivity index (χ4n) is 0.792. The van der Waals surface area contributed by atoms with Crippen molar-refractivity contribution in [1.29, 1.82) is 0 Å². The maximum absolute atomic E-state index is 4.77. The van der Waals surface area contributed by atoms with Gasteiger partial charge in [0.2, 0.25) is 0 Å². The average molecular weight is 183 g/mol. The first kappa shape index (κ1) is 10.7. The minimum Gasteiger partial charge on any atom is -0.363 e. The lowest BCUT2D eigenvalue weighted by molar-refractivity contribution is 1.56. The summed E-state index contributed by atoms with van der Waals surface area (Å²) in [6, 6.07) is 1.08. The second kappa shape index (κ2) is 4.56. The summed E-state index contributed by atoms with van der Waals surface area (Å²) < 4.78 is 4.77. The van der Waals surface area contributed by atoms with E-state index in [1.807, 2.05) is 11.8 Å². The molecule has 0 bridgehead atoms. The van der Waals surface area contributed by atoms with Crippen molar-refractivity contribution >= 4 is 16.8 Å². The first-order chi connectivity index (χ1) is 5.02. The van der Waals surface area contributed by atoms with Crippen molar-refractivity contribution in [2.75, 3.05) is 0 Å². The third-order valence-electron chi connectivity index (χ3n) is 1.42. The van der Waals surface area contributed by atoms with Gasteiger partial charge in [0.05, 0.1) is 0 Å². The van der Waals surface area contributed by atoms with Gasteiger partial charge in [-0.1, -0.05) is 11.8 Å². The highest BCUT2D eigenvalue weighted by atomic mass is 28.4. The Bertz CT molecular complexity index is 183. The highest BCUT2D eigenvalue weighted by Gasteiger charge is 2.13. The molecule has 0 aromatic heterocycles. The molecule has 0 saturated heterocycles. The Balaban J connectivity index is 4.27. The first-order valence-electron chi connectivity index (χ1n) is 3.81. The van der Waals surface area contributed by atoms with Crippen molar-refractivity contribution < 1.29 is 0 Å². The van der Waals surface area contributed by atoms with E-state index < -0.39 is 16.8 Å². The van der Waals surface area contributed by atoms with Crippen molar-refractivity contribution in [3.8, 4) is 0 Å². The largest absolute Gasteiger partial charge is 0.363 e. The second-order valence-corrected chi connectivity index (χ2v) is 9.69. The van der Waals surface area contributed by atoms with E-state index in [4.69, 9.17) is 4.30 Å². The molecule has 62 valence electrons. The minimum atomic E-state index is -1.39. The van der Waals surface area contributed by atoms with Crippen LogP contribution in [-0.4, -0.2) is 16.8 Å². The summed E-state index contributed by atoms with van der Waals surface area (Å²) in [7, 11) is -1.90. The molecule has 0 aromatic rings. The lowest BCUT2D eigenvalue weighted by atomic mass is 10.8. The van der Waals surface area contributed by atoms with Crippen LogP contribution < -0.4 is 0 Å². The third kappa shape index (κ3) is 5.04. The maximum atomic E-state index is 4.77. The van der Waals surface area contributed by atoms with Crippen molar-refractivity contribution in [3.63, 3.8) is 0 Å². The van der Waals surface area contributed by atoms with Gasteiger partial charge >= 0.3 is 0 Å². The molecule has 0 unspecified atom stereocenters. The van der Waals surface area contributed by atoms with Crippen LogP contribution in [0.15, 0.2) is 29.2 Å². The zero-order chi connectivity index (χ0) is 8.91. The van der Waals surface area contributed by atoms with Gasteiger partial charge < -0.3 is 4.30 Å². The molecule has 0 aliphatic carbocycles. The van der Waals surface area contributed by atoms with E-state index in [1.54, 1.807) is 0 Å². The summed E-state index contributed by atoms with van der Waals surface area (Å²) in [6.07, 6.45) is 1.96. The molecule has 1 nitrogen and oxygen atoms in total. The van der Waals surface area contributed by atoms with Crippen molar-refractivity contribution in [2.24, 2.45) is 4.30 Å². The molecule has 0 heterocycles. The Morgan fingerprint density at radius 1 is 1.45 bits per heavy atom. The zero-order valence-corrected chi connectivity index (χ0v) is 9.72. The van der Waals surface area contributed by atoms with E-state index in [2.05, 4.69) is 32.8 Å². The lowest BCUT2D eigenvalue weighted by Gasteiger charge is -2.11. The number of nitrogens with zero attached hydrogens (tertiary/aromatic N) is 1. The first-order valence-corrected chi connectivity index (χ1v) is 8.99. The molecule has 0 radical (unpaired) electrons. The topological polar surface area (TPSA) is 12.4 Å². The molecule has 11 heavy (non-hydrogen) atoms. The van der Waals surface area contributed by atoms with Crippen molar-refractivity contribution in [3.05, 3.63) is 24.9 Å².